The van der Waals surface area contributed by atoms with E-state index in [9.17, 15) is 4.79 Å². The minimum Gasteiger partial charge on any atom is -0.376 e. The third-order valence-electron chi connectivity index (χ3n) is 2.79. The van der Waals surface area contributed by atoms with Crippen molar-refractivity contribution in [2.45, 2.75) is 6.54 Å². The molecule has 0 unspecified atom stereocenters. The summed E-state index contributed by atoms with van der Waals surface area (Å²) in [4.78, 5) is 13.7. The minimum absolute atomic E-state index is 0.143. The Kier molecular flexibility index (Phi) is 3.62. The van der Waals surface area contributed by atoms with Gasteiger partial charge in [-0.15, -0.1) is 0 Å². The van der Waals surface area contributed by atoms with Crippen LogP contribution in [0.15, 0.2) is 41.3 Å². The molecule has 0 radical (unpaired) electrons. The first-order chi connectivity index (χ1) is 9.10. The van der Waals surface area contributed by atoms with Crippen molar-refractivity contribution in [1.29, 1.82) is 5.26 Å². The molecule has 0 amide bonds. The van der Waals surface area contributed by atoms with Crippen LogP contribution in [0.3, 0.4) is 0 Å². The van der Waals surface area contributed by atoms with Gasteiger partial charge in [0.25, 0.3) is 5.56 Å². The maximum atomic E-state index is 11.9. The molecule has 0 N–H and O–H groups in total. The van der Waals surface area contributed by atoms with Crippen LogP contribution in [0.5, 0.6) is 0 Å². The second-order valence-electron chi connectivity index (χ2n) is 4.41. The van der Waals surface area contributed by atoms with E-state index >= 15 is 0 Å². The summed E-state index contributed by atoms with van der Waals surface area (Å²) in [7, 11) is 3.73. The smallest absolute Gasteiger partial charge is 0.269 e. The molecule has 0 aliphatic rings. The van der Waals surface area contributed by atoms with Crippen LogP contribution in [-0.2, 0) is 6.54 Å². The average Bonchev–Trinajstić information content (AvgIpc) is 2.41. The van der Waals surface area contributed by atoms with Gasteiger partial charge in [0.15, 0.2) is 0 Å². The molecular formula is C14H14N4O. The van der Waals surface area contributed by atoms with Gasteiger partial charge < -0.3 is 4.90 Å². The summed E-state index contributed by atoms with van der Waals surface area (Å²) in [5.41, 5.74) is 2.18. The van der Waals surface area contributed by atoms with E-state index in [0.717, 1.165) is 11.3 Å². The van der Waals surface area contributed by atoms with Gasteiger partial charge in [-0.2, -0.15) is 10.4 Å². The Bertz CT molecular complexity index is 665. The highest BCUT2D eigenvalue weighted by Crippen LogP contribution is 2.06. The maximum absolute atomic E-state index is 11.9. The molecule has 1 aromatic heterocycles. The predicted octanol–water partition coefficient (Wildman–Crippen LogP) is 1.23. The zero-order valence-corrected chi connectivity index (χ0v) is 10.9. The molecule has 0 spiro atoms. The number of hydrogen-bond donors (Lipinski definition) is 0. The van der Waals surface area contributed by atoms with Gasteiger partial charge in [0, 0.05) is 20.2 Å². The van der Waals surface area contributed by atoms with Crippen molar-refractivity contribution in [1.82, 2.24) is 9.78 Å². The molecule has 1 aromatic carbocycles. The molecule has 0 saturated carbocycles. The summed E-state index contributed by atoms with van der Waals surface area (Å²) in [6, 6.07) is 10.7. The van der Waals surface area contributed by atoms with E-state index in [4.69, 9.17) is 5.26 Å². The van der Waals surface area contributed by atoms with Crippen molar-refractivity contribution in [3.8, 4) is 6.07 Å². The van der Waals surface area contributed by atoms with Gasteiger partial charge in [0.1, 0.15) is 0 Å². The van der Waals surface area contributed by atoms with Gasteiger partial charge in [-0.05, 0) is 17.7 Å². The molecule has 5 heteroatoms. The molecule has 19 heavy (non-hydrogen) atoms. The summed E-state index contributed by atoms with van der Waals surface area (Å²) < 4.78 is 1.40. The van der Waals surface area contributed by atoms with E-state index in [1.165, 1.54) is 4.68 Å². The Labute approximate surface area is 111 Å². The zero-order chi connectivity index (χ0) is 13.8. The lowest BCUT2D eigenvalue weighted by Gasteiger charge is -2.12. The standard InChI is InChI=1S/C14H14N4O/c1-17(2)13-7-14(19)18(16-9-13)10-12-5-3-11(8-15)4-6-12/h3-7,9H,10H2,1-2H3. The molecule has 5 nitrogen and oxygen atoms in total. The van der Waals surface area contributed by atoms with Crippen molar-refractivity contribution in [2.75, 3.05) is 19.0 Å². The normalized spacial score (nSPS) is 9.95. The molecular weight excluding hydrogens is 240 g/mol. The minimum atomic E-state index is -0.143. The first kappa shape index (κ1) is 12.8. The lowest BCUT2D eigenvalue weighted by atomic mass is 10.1. The highest BCUT2D eigenvalue weighted by molar-refractivity contribution is 5.40. The van der Waals surface area contributed by atoms with E-state index < -0.39 is 0 Å². The summed E-state index contributed by atoms with van der Waals surface area (Å²) in [6.45, 7) is 0.401. The van der Waals surface area contributed by atoms with Gasteiger partial charge >= 0.3 is 0 Å². The molecule has 0 fully saturated rings. The van der Waals surface area contributed by atoms with E-state index in [1.54, 1.807) is 24.4 Å². The molecule has 0 aliphatic carbocycles. The largest absolute Gasteiger partial charge is 0.376 e. The molecule has 0 bridgehead atoms. The molecule has 96 valence electrons. The Morgan fingerprint density at radius 3 is 2.53 bits per heavy atom. The van der Waals surface area contributed by atoms with Crippen LogP contribution in [-0.4, -0.2) is 23.9 Å². The van der Waals surface area contributed by atoms with E-state index in [-0.39, 0.29) is 5.56 Å². The van der Waals surface area contributed by atoms with Gasteiger partial charge in [-0.1, -0.05) is 12.1 Å². The number of anilines is 1. The third-order valence-corrected chi connectivity index (χ3v) is 2.79. The first-order valence-corrected chi connectivity index (χ1v) is 5.83. The Morgan fingerprint density at radius 1 is 1.32 bits per heavy atom. The summed E-state index contributed by atoms with van der Waals surface area (Å²) in [5, 5.41) is 12.9. The molecule has 0 aliphatic heterocycles. The Morgan fingerprint density at radius 2 is 2.00 bits per heavy atom. The second kappa shape index (κ2) is 5.36. The van der Waals surface area contributed by atoms with Crippen molar-refractivity contribution in [2.24, 2.45) is 0 Å². The zero-order valence-electron chi connectivity index (χ0n) is 10.9. The number of nitriles is 1. The summed E-state index contributed by atoms with van der Waals surface area (Å²) >= 11 is 0. The molecule has 1 heterocycles. The Hall–Kier alpha value is -2.61. The predicted molar refractivity (Wildman–Crippen MR) is 73.1 cm³/mol. The second-order valence-corrected chi connectivity index (χ2v) is 4.41. The van der Waals surface area contributed by atoms with Crippen LogP contribution in [0.25, 0.3) is 0 Å². The summed E-state index contributed by atoms with van der Waals surface area (Å²) in [5.74, 6) is 0. The summed E-state index contributed by atoms with van der Waals surface area (Å²) in [6.07, 6.45) is 1.66. The quantitative estimate of drug-likeness (QED) is 0.826. The number of hydrogen-bond acceptors (Lipinski definition) is 4. The average molecular weight is 254 g/mol. The lowest BCUT2D eigenvalue weighted by molar-refractivity contribution is 0.638. The number of aromatic nitrogens is 2. The van der Waals surface area contributed by atoms with Crippen molar-refractivity contribution < 1.29 is 0 Å². The van der Waals surface area contributed by atoms with Gasteiger partial charge in [-0.3, -0.25) is 4.79 Å². The number of benzene rings is 1. The van der Waals surface area contributed by atoms with Crippen LogP contribution < -0.4 is 10.5 Å². The van der Waals surface area contributed by atoms with Crippen LogP contribution in [0.1, 0.15) is 11.1 Å². The topological polar surface area (TPSA) is 61.9 Å². The van der Waals surface area contributed by atoms with Gasteiger partial charge in [0.2, 0.25) is 0 Å². The van der Waals surface area contributed by atoms with Crippen LogP contribution in [0.2, 0.25) is 0 Å². The first-order valence-electron chi connectivity index (χ1n) is 5.83. The van der Waals surface area contributed by atoms with Gasteiger partial charge in [-0.25, -0.2) is 4.68 Å². The van der Waals surface area contributed by atoms with Crippen molar-refractivity contribution in [3.05, 3.63) is 58.0 Å². The highest BCUT2D eigenvalue weighted by atomic mass is 16.1. The van der Waals surface area contributed by atoms with E-state index in [0.29, 0.717) is 12.1 Å². The fourth-order valence-corrected chi connectivity index (χ4v) is 1.64. The molecule has 2 aromatic rings. The fourth-order valence-electron chi connectivity index (χ4n) is 1.64. The maximum Gasteiger partial charge on any atom is 0.269 e. The van der Waals surface area contributed by atoms with Crippen LogP contribution in [0, 0.1) is 11.3 Å². The number of nitrogens with zero attached hydrogens (tertiary/aromatic N) is 4. The van der Waals surface area contributed by atoms with Gasteiger partial charge in [0.05, 0.1) is 30.1 Å². The monoisotopic (exact) mass is 254 g/mol. The lowest BCUT2D eigenvalue weighted by Crippen LogP contribution is -2.24. The molecule has 0 atom stereocenters. The fraction of sp³-hybridized carbons (Fsp3) is 0.214. The van der Waals surface area contributed by atoms with E-state index in [1.807, 2.05) is 31.1 Å². The Balaban J connectivity index is 2.23. The highest BCUT2D eigenvalue weighted by Gasteiger charge is 2.03. The van der Waals surface area contributed by atoms with Crippen molar-refractivity contribution >= 4 is 5.69 Å². The van der Waals surface area contributed by atoms with Crippen LogP contribution in [0.4, 0.5) is 5.69 Å². The van der Waals surface area contributed by atoms with E-state index in [2.05, 4.69) is 11.2 Å². The van der Waals surface area contributed by atoms with Crippen LogP contribution >= 0.6 is 0 Å². The molecule has 0 saturated heterocycles. The van der Waals surface area contributed by atoms with Crippen molar-refractivity contribution in [3.63, 3.8) is 0 Å². The SMILES string of the molecule is CN(C)c1cnn(Cc2ccc(C#N)cc2)c(=O)c1. The third kappa shape index (κ3) is 2.99. The molecule has 2 rings (SSSR count). The number of rotatable bonds is 3.